The summed E-state index contributed by atoms with van der Waals surface area (Å²) in [4.78, 5) is 5.65. The van der Waals surface area contributed by atoms with E-state index in [1.807, 2.05) is 53.2 Å². The number of imidazole rings is 1. The van der Waals surface area contributed by atoms with E-state index in [-0.39, 0.29) is 0 Å². The van der Waals surface area contributed by atoms with Gasteiger partial charge in [-0.1, -0.05) is 6.07 Å². The molecule has 5 heteroatoms. The summed E-state index contributed by atoms with van der Waals surface area (Å²) in [7, 11) is 1.66. The zero-order valence-corrected chi connectivity index (χ0v) is 11.9. The molecule has 0 spiro atoms. The number of fused-ring (bicyclic) bond motifs is 1. The van der Waals surface area contributed by atoms with Crippen LogP contribution in [0.1, 0.15) is 5.69 Å². The monoisotopic (exact) mass is 285 g/mol. The predicted octanol–water partition coefficient (Wildman–Crippen LogP) is 3.22. The first-order valence-corrected chi connectivity index (χ1v) is 7.24. The zero-order valence-electron chi connectivity index (χ0n) is 11.1. The lowest BCUT2D eigenvalue weighted by atomic mass is 10.3. The number of nitrogen functional groups attached to an aromatic ring is 1. The predicted molar refractivity (Wildman–Crippen MR) is 82.2 cm³/mol. The summed E-state index contributed by atoms with van der Waals surface area (Å²) in [5, 5.41) is 0. The molecule has 1 aromatic carbocycles. The van der Waals surface area contributed by atoms with Crippen LogP contribution in [0.3, 0.4) is 0 Å². The molecule has 0 saturated carbocycles. The van der Waals surface area contributed by atoms with Gasteiger partial charge < -0.3 is 14.9 Å². The number of aromatic nitrogens is 2. The van der Waals surface area contributed by atoms with Crippen LogP contribution in [0, 0.1) is 0 Å². The van der Waals surface area contributed by atoms with Gasteiger partial charge in [0.15, 0.2) is 0 Å². The molecule has 20 heavy (non-hydrogen) atoms. The fourth-order valence-electron chi connectivity index (χ4n) is 2.01. The van der Waals surface area contributed by atoms with E-state index in [4.69, 9.17) is 10.5 Å². The molecule has 0 aliphatic heterocycles. The second-order valence-corrected chi connectivity index (χ2v) is 5.41. The van der Waals surface area contributed by atoms with E-state index in [0.717, 1.165) is 27.7 Å². The topological polar surface area (TPSA) is 52.5 Å². The Morgan fingerprint density at radius 3 is 3.00 bits per heavy atom. The van der Waals surface area contributed by atoms with E-state index in [9.17, 15) is 0 Å². The van der Waals surface area contributed by atoms with Gasteiger partial charge in [0.05, 0.1) is 12.8 Å². The molecule has 0 saturated heterocycles. The zero-order chi connectivity index (χ0) is 13.9. The molecule has 2 aromatic heterocycles. The highest BCUT2D eigenvalue weighted by molar-refractivity contribution is 7.98. The molecule has 2 heterocycles. The van der Waals surface area contributed by atoms with Crippen molar-refractivity contribution < 1.29 is 4.74 Å². The maximum Gasteiger partial charge on any atom is 0.137 e. The molecular weight excluding hydrogens is 270 g/mol. The number of rotatable bonds is 4. The quantitative estimate of drug-likeness (QED) is 0.590. The molecule has 0 aliphatic rings. The summed E-state index contributed by atoms with van der Waals surface area (Å²) in [6.07, 6.45) is 4.05. The Labute approximate surface area is 121 Å². The molecule has 3 rings (SSSR count). The second-order valence-electron chi connectivity index (χ2n) is 4.40. The number of hydrogen-bond donors (Lipinski definition) is 1. The minimum absolute atomic E-state index is 0.707. The van der Waals surface area contributed by atoms with Gasteiger partial charge in [0.25, 0.3) is 0 Å². The van der Waals surface area contributed by atoms with Gasteiger partial charge in [0, 0.05) is 34.8 Å². The van der Waals surface area contributed by atoms with Crippen molar-refractivity contribution >= 4 is 23.1 Å². The van der Waals surface area contributed by atoms with Gasteiger partial charge in [0.2, 0.25) is 0 Å². The van der Waals surface area contributed by atoms with Crippen molar-refractivity contribution in [2.75, 3.05) is 12.8 Å². The van der Waals surface area contributed by atoms with Gasteiger partial charge in [-0.3, -0.25) is 0 Å². The first-order valence-electron chi connectivity index (χ1n) is 6.25. The minimum atomic E-state index is 0.707. The van der Waals surface area contributed by atoms with Crippen molar-refractivity contribution in [3.63, 3.8) is 0 Å². The maximum atomic E-state index is 5.76. The molecule has 0 bridgehead atoms. The third kappa shape index (κ3) is 2.58. The van der Waals surface area contributed by atoms with Crippen molar-refractivity contribution in [1.82, 2.24) is 9.38 Å². The smallest absolute Gasteiger partial charge is 0.137 e. The van der Waals surface area contributed by atoms with E-state index in [2.05, 4.69) is 4.98 Å². The van der Waals surface area contributed by atoms with E-state index < -0.39 is 0 Å². The van der Waals surface area contributed by atoms with Crippen molar-refractivity contribution in [3.8, 4) is 5.75 Å². The van der Waals surface area contributed by atoms with E-state index in [1.165, 1.54) is 0 Å². The Morgan fingerprint density at radius 2 is 2.20 bits per heavy atom. The van der Waals surface area contributed by atoms with Crippen LogP contribution in [0.5, 0.6) is 5.75 Å². The lowest BCUT2D eigenvalue weighted by Gasteiger charge is -2.07. The van der Waals surface area contributed by atoms with E-state index >= 15 is 0 Å². The van der Waals surface area contributed by atoms with Gasteiger partial charge in [-0.2, -0.15) is 0 Å². The number of ether oxygens (including phenoxy) is 1. The summed E-state index contributed by atoms with van der Waals surface area (Å²) in [6, 6.07) is 11.7. The summed E-state index contributed by atoms with van der Waals surface area (Å²) in [6.45, 7) is 0. The van der Waals surface area contributed by atoms with Crippen LogP contribution >= 0.6 is 11.8 Å². The molecule has 3 aromatic rings. The van der Waals surface area contributed by atoms with Crippen molar-refractivity contribution in [2.45, 2.75) is 10.6 Å². The van der Waals surface area contributed by atoms with Crippen LogP contribution in [-0.4, -0.2) is 16.5 Å². The number of pyridine rings is 1. The number of benzene rings is 1. The summed E-state index contributed by atoms with van der Waals surface area (Å²) >= 11 is 1.69. The van der Waals surface area contributed by atoms with Gasteiger partial charge in [0.1, 0.15) is 11.4 Å². The van der Waals surface area contributed by atoms with Gasteiger partial charge in [-0.25, -0.2) is 4.98 Å². The average molecular weight is 285 g/mol. The number of thioether (sulfide) groups is 1. The lowest BCUT2D eigenvalue weighted by molar-refractivity contribution is 0.405. The second kappa shape index (κ2) is 5.46. The summed E-state index contributed by atoms with van der Waals surface area (Å²) in [5.41, 5.74) is 8.47. The molecule has 0 aliphatic carbocycles. The number of hydrogen-bond acceptors (Lipinski definition) is 4. The standard InChI is InChI=1S/C15H15N3OS/c1-19-13-8-11(16)5-6-14(13)20-10-12-9-18-7-3-2-4-15(18)17-12/h2-9H,10,16H2,1H3. The number of anilines is 1. The number of nitrogens with zero attached hydrogens (tertiary/aromatic N) is 2. The van der Waals surface area contributed by atoms with Crippen molar-refractivity contribution in [3.05, 3.63) is 54.5 Å². The highest BCUT2D eigenvalue weighted by Gasteiger charge is 2.06. The van der Waals surface area contributed by atoms with E-state index in [1.54, 1.807) is 18.9 Å². The van der Waals surface area contributed by atoms with Crippen LogP contribution < -0.4 is 10.5 Å². The molecule has 0 unspecified atom stereocenters. The number of nitrogens with two attached hydrogens (primary N) is 1. The van der Waals surface area contributed by atoms with Gasteiger partial charge >= 0.3 is 0 Å². The molecule has 0 fully saturated rings. The Bertz CT molecular complexity index is 706. The average Bonchev–Trinajstić information content (AvgIpc) is 2.88. The Kier molecular flexibility index (Phi) is 3.52. The molecule has 0 radical (unpaired) electrons. The first kappa shape index (κ1) is 12.9. The Hall–Kier alpha value is -2.14. The van der Waals surface area contributed by atoms with Crippen LogP contribution in [0.4, 0.5) is 5.69 Å². The van der Waals surface area contributed by atoms with Crippen LogP contribution in [0.15, 0.2) is 53.7 Å². The lowest BCUT2D eigenvalue weighted by Crippen LogP contribution is -1.90. The fraction of sp³-hybridized carbons (Fsp3) is 0.133. The molecule has 0 atom stereocenters. The van der Waals surface area contributed by atoms with Crippen LogP contribution in [0.2, 0.25) is 0 Å². The summed E-state index contributed by atoms with van der Waals surface area (Å²) < 4.78 is 7.37. The van der Waals surface area contributed by atoms with Gasteiger partial charge in [-0.05, 0) is 24.3 Å². The molecule has 0 amide bonds. The first-order chi connectivity index (χ1) is 9.76. The van der Waals surface area contributed by atoms with Crippen LogP contribution in [-0.2, 0) is 5.75 Å². The molecule has 4 nitrogen and oxygen atoms in total. The molecule has 2 N–H and O–H groups in total. The van der Waals surface area contributed by atoms with E-state index in [0.29, 0.717) is 5.69 Å². The van der Waals surface area contributed by atoms with Gasteiger partial charge in [-0.15, -0.1) is 11.8 Å². The van der Waals surface area contributed by atoms with Crippen LogP contribution in [0.25, 0.3) is 5.65 Å². The van der Waals surface area contributed by atoms with Crippen molar-refractivity contribution in [1.29, 1.82) is 0 Å². The highest BCUT2D eigenvalue weighted by atomic mass is 32.2. The normalized spacial score (nSPS) is 10.8. The maximum absolute atomic E-state index is 5.76. The molecular formula is C15H15N3OS. The third-order valence-electron chi connectivity index (χ3n) is 2.98. The molecule has 102 valence electrons. The minimum Gasteiger partial charge on any atom is -0.496 e. The SMILES string of the molecule is COc1cc(N)ccc1SCc1cn2ccccc2n1. The summed E-state index contributed by atoms with van der Waals surface area (Å²) in [5.74, 6) is 1.60. The Balaban J connectivity index is 1.79. The number of methoxy groups -OCH3 is 1. The highest BCUT2D eigenvalue weighted by Crippen LogP contribution is 2.32. The fourth-order valence-corrected chi connectivity index (χ4v) is 2.90. The Morgan fingerprint density at radius 1 is 1.30 bits per heavy atom. The third-order valence-corrected chi connectivity index (χ3v) is 4.07. The largest absolute Gasteiger partial charge is 0.496 e. The van der Waals surface area contributed by atoms with Crippen molar-refractivity contribution in [2.24, 2.45) is 0 Å².